The summed E-state index contributed by atoms with van der Waals surface area (Å²) in [5, 5.41) is 2.40. The molecule has 3 aromatic carbocycles. The molecular formula is C21H22O2Si. The number of hydrogen-bond donors (Lipinski definition) is 0. The molecule has 0 spiro atoms. The lowest BCUT2D eigenvalue weighted by Gasteiger charge is -2.27. The average Bonchev–Trinajstić information content (AvgIpc) is 2.64. The predicted molar refractivity (Wildman–Crippen MR) is 101 cm³/mol. The topological polar surface area (TPSA) is 18.5 Å². The zero-order chi connectivity index (χ0) is 16.8. The van der Waals surface area contributed by atoms with Gasteiger partial charge in [0, 0.05) is 0 Å². The molecule has 3 rings (SSSR count). The summed E-state index contributed by atoms with van der Waals surface area (Å²) in [6.45, 7) is 4.06. The van der Waals surface area contributed by atoms with Gasteiger partial charge in [0.25, 0.3) is 9.04 Å². The van der Waals surface area contributed by atoms with Crippen LogP contribution >= 0.6 is 0 Å². The van der Waals surface area contributed by atoms with Crippen molar-refractivity contribution in [2.45, 2.75) is 19.4 Å². The van der Waals surface area contributed by atoms with Gasteiger partial charge in [-0.05, 0) is 29.8 Å². The van der Waals surface area contributed by atoms with Gasteiger partial charge in [-0.2, -0.15) is 0 Å². The SMILES string of the molecule is CC(C)(OO[SiH](c1ccccc1)c1ccccc1)c1ccccc1. The van der Waals surface area contributed by atoms with Crippen molar-refractivity contribution in [3.8, 4) is 0 Å². The van der Waals surface area contributed by atoms with Gasteiger partial charge in [-0.25, -0.2) is 4.89 Å². The molecule has 0 N–H and O–H groups in total. The fourth-order valence-corrected chi connectivity index (χ4v) is 4.70. The summed E-state index contributed by atoms with van der Waals surface area (Å²) in [6, 6.07) is 30.8. The highest BCUT2D eigenvalue weighted by Crippen LogP contribution is 2.24. The van der Waals surface area contributed by atoms with Crippen molar-refractivity contribution in [2.24, 2.45) is 0 Å². The monoisotopic (exact) mass is 334 g/mol. The first kappa shape index (κ1) is 16.6. The lowest BCUT2D eigenvalue weighted by Crippen LogP contribution is -2.46. The molecule has 0 fully saturated rings. The van der Waals surface area contributed by atoms with Crippen molar-refractivity contribution in [1.29, 1.82) is 0 Å². The Labute approximate surface area is 145 Å². The molecule has 0 radical (unpaired) electrons. The van der Waals surface area contributed by atoms with Crippen LogP contribution < -0.4 is 10.4 Å². The van der Waals surface area contributed by atoms with Crippen molar-refractivity contribution in [3.05, 3.63) is 96.6 Å². The molecule has 0 amide bonds. The van der Waals surface area contributed by atoms with Crippen molar-refractivity contribution < 1.29 is 9.46 Å². The van der Waals surface area contributed by atoms with Crippen LogP contribution in [0.3, 0.4) is 0 Å². The van der Waals surface area contributed by atoms with E-state index >= 15 is 0 Å². The Morgan fingerprint density at radius 1 is 0.625 bits per heavy atom. The zero-order valence-corrected chi connectivity index (χ0v) is 15.2. The minimum atomic E-state index is -1.90. The van der Waals surface area contributed by atoms with Crippen LogP contribution in [0.5, 0.6) is 0 Å². The van der Waals surface area contributed by atoms with Gasteiger partial charge in [0.15, 0.2) is 0 Å². The van der Waals surface area contributed by atoms with Crippen LogP contribution in [0, 0.1) is 0 Å². The summed E-state index contributed by atoms with van der Waals surface area (Å²) in [4.78, 5) is 5.95. The molecule has 0 aliphatic carbocycles. The van der Waals surface area contributed by atoms with Crippen LogP contribution in [0.1, 0.15) is 19.4 Å². The molecule has 24 heavy (non-hydrogen) atoms. The van der Waals surface area contributed by atoms with Crippen LogP contribution in [0.4, 0.5) is 0 Å². The molecular weight excluding hydrogens is 312 g/mol. The molecule has 3 heteroatoms. The first-order valence-corrected chi connectivity index (χ1v) is 9.79. The Kier molecular flexibility index (Phi) is 5.26. The van der Waals surface area contributed by atoms with Crippen LogP contribution in [0.2, 0.25) is 0 Å². The standard InChI is InChI=1S/C21H22O2Si/c1-21(2,18-12-6-3-7-13-18)22-23-24(19-14-8-4-9-15-19)20-16-10-5-11-17-20/h3-17,24H,1-2H3. The van der Waals surface area contributed by atoms with E-state index in [4.69, 9.17) is 9.46 Å². The van der Waals surface area contributed by atoms with Crippen molar-refractivity contribution in [3.63, 3.8) is 0 Å². The molecule has 122 valence electrons. The van der Waals surface area contributed by atoms with Crippen molar-refractivity contribution in [1.82, 2.24) is 0 Å². The van der Waals surface area contributed by atoms with Gasteiger partial charge in [0.2, 0.25) is 0 Å². The lowest BCUT2D eigenvalue weighted by atomic mass is 9.99. The average molecular weight is 334 g/mol. The Morgan fingerprint density at radius 3 is 1.50 bits per heavy atom. The molecule has 0 aromatic heterocycles. The molecule has 3 aromatic rings. The van der Waals surface area contributed by atoms with Gasteiger partial charge >= 0.3 is 0 Å². The minimum absolute atomic E-state index is 0.504. The third-order valence-electron chi connectivity index (χ3n) is 4.03. The molecule has 0 unspecified atom stereocenters. The molecule has 2 nitrogen and oxygen atoms in total. The molecule has 0 atom stereocenters. The van der Waals surface area contributed by atoms with E-state index in [2.05, 4.69) is 36.4 Å². The predicted octanol–water partition coefficient (Wildman–Crippen LogP) is 3.41. The second-order valence-corrected chi connectivity index (χ2v) is 8.54. The zero-order valence-electron chi connectivity index (χ0n) is 14.1. The maximum absolute atomic E-state index is 6.07. The van der Waals surface area contributed by atoms with E-state index < -0.39 is 14.6 Å². The van der Waals surface area contributed by atoms with E-state index in [0.717, 1.165) is 5.56 Å². The van der Waals surface area contributed by atoms with Gasteiger partial charge in [0.1, 0.15) is 5.60 Å². The smallest absolute Gasteiger partial charge is 0.278 e. The number of hydrogen-bond acceptors (Lipinski definition) is 2. The lowest BCUT2D eigenvalue weighted by molar-refractivity contribution is -0.290. The number of benzene rings is 3. The molecule has 0 heterocycles. The second-order valence-electron chi connectivity index (χ2n) is 6.26. The summed E-state index contributed by atoms with van der Waals surface area (Å²) in [6.07, 6.45) is 0. The molecule has 0 aliphatic heterocycles. The van der Waals surface area contributed by atoms with Gasteiger partial charge < -0.3 is 0 Å². The van der Waals surface area contributed by atoms with Gasteiger partial charge in [-0.3, -0.25) is 4.58 Å². The Bertz CT molecular complexity index is 703. The second kappa shape index (κ2) is 7.58. The first-order chi connectivity index (χ1) is 11.7. The molecule has 0 saturated carbocycles. The highest BCUT2D eigenvalue weighted by Gasteiger charge is 2.27. The Balaban J connectivity index is 1.83. The van der Waals surface area contributed by atoms with Gasteiger partial charge in [0.05, 0.1) is 0 Å². The summed E-state index contributed by atoms with van der Waals surface area (Å²) in [5.41, 5.74) is 0.592. The van der Waals surface area contributed by atoms with E-state index in [9.17, 15) is 0 Å². The largest absolute Gasteiger partial charge is 0.285 e. The van der Waals surface area contributed by atoms with Crippen LogP contribution in [0.25, 0.3) is 0 Å². The number of rotatable bonds is 6. The third kappa shape index (κ3) is 4.00. The Hall–Kier alpha value is -2.20. The summed E-state index contributed by atoms with van der Waals surface area (Å²) >= 11 is 0. The summed E-state index contributed by atoms with van der Waals surface area (Å²) in [5.74, 6) is 0. The van der Waals surface area contributed by atoms with E-state index in [1.54, 1.807) is 0 Å². The van der Waals surface area contributed by atoms with E-state index in [1.807, 2.05) is 68.4 Å². The van der Waals surface area contributed by atoms with Crippen molar-refractivity contribution in [2.75, 3.05) is 0 Å². The summed E-state index contributed by atoms with van der Waals surface area (Å²) < 4.78 is 6.07. The van der Waals surface area contributed by atoms with Crippen LogP contribution in [-0.2, 0) is 15.1 Å². The normalized spacial score (nSPS) is 11.6. The van der Waals surface area contributed by atoms with Gasteiger partial charge in [-0.15, -0.1) is 0 Å². The maximum atomic E-state index is 6.07. The highest BCUT2D eigenvalue weighted by atomic mass is 28.3. The molecule has 0 aliphatic rings. The van der Waals surface area contributed by atoms with Gasteiger partial charge in [-0.1, -0.05) is 91.0 Å². The Morgan fingerprint density at radius 2 is 1.04 bits per heavy atom. The maximum Gasteiger partial charge on any atom is 0.285 e. The van der Waals surface area contributed by atoms with E-state index in [1.165, 1.54) is 10.4 Å². The summed E-state index contributed by atoms with van der Waals surface area (Å²) in [7, 11) is -1.90. The first-order valence-electron chi connectivity index (χ1n) is 8.17. The minimum Gasteiger partial charge on any atom is -0.278 e. The molecule has 0 saturated heterocycles. The highest BCUT2D eigenvalue weighted by molar-refractivity contribution is 6.79. The quantitative estimate of drug-likeness (QED) is 0.391. The van der Waals surface area contributed by atoms with Crippen molar-refractivity contribution >= 4 is 19.4 Å². The van der Waals surface area contributed by atoms with E-state index in [-0.39, 0.29) is 0 Å². The fraction of sp³-hybridized carbons (Fsp3) is 0.143. The third-order valence-corrected chi connectivity index (χ3v) is 6.30. The van der Waals surface area contributed by atoms with E-state index in [0.29, 0.717) is 0 Å². The fourth-order valence-electron chi connectivity index (χ4n) is 2.62. The van der Waals surface area contributed by atoms with Crippen LogP contribution in [0.15, 0.2) is 91.0 Å². The molecule has 0 bridgehead atoms. The van der Waals surface area contributed by atoms with Crippen LogP contribution in [-0.4, -0.2) is 9.04 Å².